The molecule has 102 valence electrons. The Morgan fingerprint density at radius 2 is 2.11 bits per heavy atom. The third-order valence-electron chi connectivity index (χ3n) is 3.35. The number of rotatable bonds is 7. The summed E-state index contributed by atoms with van der Waals surface area (Å²) in [5.41, 5.74) is 0.0701. The van der Waals surface area contributed by atoms with E-state index in [0.29, 0.717) is 31.6 Å². The number of aromatic nitrogens is 2. The summed E-state index contributed by atoms with van der Waals surface area (Å²) in [5.74, 6) is -0.985. The Hall–Kier alpha value is -1.40. The molecule has 1 aromatic rings. The van der Waals surface area contributed by atoms with E-state index in [-0.39, 0.29) is 5.56 Å². The highest BCUT2D eigenvalue weighted by Gasteiger charge is 2.22. The van der Waals surface area contributed by atoms with Crippen molar-refractivity contribution < 1.29 is 15.0 Å². The standard InChI is InChI=1S/C12H21N3O3/c1-4-12(18,5-2)8-13-7-10-9(11(16)17)6-14-15(10)3/h6,13,18H,4-5,7-8H2,1-3H3,(H,16,17). The van der Waals surface area contributed by atoms with Gasteiger partial charge in [-0.3, -0.25) is 4.68 Å². The predicted octanol–water partition coefficient (Wildman–Crippen LogP) is 0.759. The number of hydrogen-bond acceptors (Lipinski definition) is 4. The van der Waals surface area contributed by atoms with Gasteiger partial charge in [0.15, 0.2) is 0 Å². The van der Waals surface area contributed by atoms with Crippen molar-refractivity contribution in [2.45, 2.75) is 38.8 Å². The molecule has 0 amide bonds. The molecular weight excluding hydrogens is 234 g/mol. The number of carboxylic acid groups (broad SMARTS) is 1. The lowest BCUT2D eigenvalue weighted by atomic mass is 9.97. The van der Waals surface area contributed by atoms with Crippen LogP contribution >= 0.6 is 0 Å². The number of aryl methyl sites for hydroxylation is 1. The minimum Gasteiger partial charge on any atom is -0.478 e. The first-order valence-corrected chi connectivity index (χ1v) is 6.10. The highest BCUT2D eigenvalue weighted by atomic mass is 16.4. The van der Waals surface area contributed by atoms with E-state index in [1.165, 1.54) is 10.9 Å². The van der Waals surface area contributed by atoms with E-state index in [4.69, 9.17) is 5.11 Å². The fourth-order valence-electron chi connectivity index (χ4n) is 1.76. The highest BCUT2D eigenvalue weighted by molar-refractivity contribution is 5.88. The first-order chi connectivity index (χ1) is 8.43. The van der Waals surface area contributed by atoms with Crippen LogP contribution in [-0.2, 0) is 13.6 Å². The summed E-state index contributed by atoms with van der Waals surface area (Å²) in [4.78, 5) is 11.0. The lowest BCUT2D eigenvalue weighted by Gasteiger charge is -2.25. The molecule has 0 spiro atoms. The average Bonchev–Trinajstić information content (AvgIpc) is 2.71. The van der Waals surface area contributed by atoms with E-state index < -0.39 is 11.6 Å². The van der Waals surface area contributed by atoms with Crippen LogP contribution in [0.5, 0.6) is 0 Å². The van der Waals surface area contributed by atoms with Crippen molar-refractivity contribution >= 4 is 5.97 Å². The van der Waals surface area contributed by atoms with Crippen LogP contribution in [0.4, 0.5) is 0 Å². The van der Waals surface area contributed by atoms with Crippen molar-refractivity contribution in [3.63, 3.8) is 0 Å². The van der Waals surface area contributed by atoms with Gasteiger partial charge in [-0.15, -0.1) is 0 Å². The molecule has 0 aliphatic carbocycles. The highest BCUT2D eigenvalue weighted by Crippen LogP contribution is 2.14. The van der Waals surface area contributed by atoms with Gasteiger partial charge in [-0.05, 0) is 12.8 Å². The molecule has 3 N–H and O–H groups in total. The molecule has 0 bridgehead atoms. The Bertz CT molecular complexity index is 411. The van der Waals surface area contributed by atoms with E-state index in [2.05, 4.69) is 10.4 Å². The maximum Gasteiger partial charge on any atom is 0.339 e. The Morgan fingerprint density at radius 1 is 1.50 bits per heavy atom. The molecule has 0 atom stereocenters. The van der Waals surface area contributed by atoms with Gasteiger partial charge in [-0.2, -0.15) is 5.10 Å². The van der Waals surface area contributed by atoms with E-state index in [0.717, 1.165) is 0 Å². The minimum atomic E-state index is -0.985. The minimum absolute atomic E-state index is 0.196. The summed E-state index contributed by atoms with van der Waals surface area (Å²) in [5, 5.41) is 26.1. The molecule has 0 radical (unpaired) electrons. The summed E-state index contributed by atoms with van der Waals surface area (Å²) in [7, 11) is 1.70. The third kappa shape index (κ3) is 3.30. The second-order valence-corrected chi connectivity index (χ2v) is 4.47. The van der Waals surface area contributed by atoms with Crippen LogP contribution in [0.25, 0.3) is 0 Å². The van der Waals surface area contributed by atoms with Gasteiger partial charge in [0.1, 0.15) is 5.56 Å². The lowest BCUT2D eigenvalue weighted by molar-refractivity contribution is 0.0321. The Labute approximate surface area is 107 Å². The van der Waals surface area contributed by atoms with Crippen molar-refractivity contribution in [2.24, 2.45) is 7.05 Å². The number of aromatic carboxylic acids is 1. The van der Waals surface area contributed by atoms with E-state index >= 15 is 0 Å². The number of nitrogens with one attached hydrogen (secondary N) is 1. The van der Waals surface area contributed by atoms with Crippen LogP contribution < -0.4 is 5.32 Å². The normalized spacial score (nSPS) is 11.8. The van der Waals surface area contributed by atoms with E-state index in [1.54, 1.807) is 7.05 Å². The smallest absolute Gasteiger partial charge is 0.339 e. The van der Waals surface area contributed by atoms with Crippen LogP contribution in [0, 0.1) is 0 Å². The quantitative estimate of drug-likeness (QED) is 0.669. The number of nitrogens with zero attached hydrogens (tertiary/aromatic N) is 2. The Morgan fingerprint density at radius 3 is 2.61 bits per heavy atom. The second-order valence-electron chi connectivity index (χ2n) is 4.47. The van der Waals surface area contributed by atoms with Crippen molar-refractivity contribution in [2.75, 3.05) is 6.54 Å². The van der Waals surface area contributed by atoms with E-state index in [9.17, 15) is 9.90 Å². The lowest BCUT2D eigenvalue weighted by Crippen LogP contribution is -2.39. The van der Waals surface area contributed by atoms with Gasteiger partial charge >= 0.3 is 5.97 Å². The molecule has 0 aliphatic heterocycles. The zero-order chi connectivity index (χ0) is 13.8. The molecule has 1 heterocycles. The molecule has 0 fully saturated rings. The number of carbonyl (C=O) groups is 1. The zero-order valence-electron chi connectivity index (χ0n) is 11.1. The maximum atomic E-state index is 11.0. The van der Waals surface area contributed by atoms with Crippen molar-refractivity contribution in [3.05, 3.63) is 17.5 Å². The van der Waals surface area contributed by atoms with Gasteiger partial charge in [0.25, 0.3) is 0 Å². The van der Waals surface area contributed by atoms with Crippen LogP contribution in [-0.4, -0.2) is 38.1 Å². The van der Waals surface area contributed by atoms with Crippen LogP contribution in [0.1, 0.15) is 42.7 Å². The van der Waals surface area contributed by atoms with Crippen molar-refractivity contribution in [3.8, 4) is 0 Å². The first-order valence-electron chi connectivity index (χ1n) is 6.10. The third-order valence-corrected chi connectivity index (χ3v) is 3.35. The summed E-state index contributed by atoms with van der Waals surface area (Å²) in [6.45, 7) is 4.67. The summed E-state index contributed by atoms with van der Waals surface area (Å²) >= 11 is 0. The van der Waals surface area contributed by atoms with Gasteiger partial charge < -0.3 is 15.5 Å². The summed E-state index contributed by atoms with van der Waals surface area (Å²) < 4.78 is 1.54. The molecule has 0 unspecified atom stereocenters. The number of hydrogen-bond donors (Lipinski definition) is 3. The van der Waals surface area contributed by atoms with Crippen molar-refractivity contribution in [1.29, 1.82) is 0 Å². The largest absolute Gasteiger partial charge is 0.478 e. The zero-order valence-corrected chi connectivity index (χ0v) is 11.1. The molecule has 0 aliphatic rings. The number of carboxylic acids is 1. The molecule has 1 aromatic heterocycles. The van der Waals surface area contributed by atoms with Crippen LogP contribution in [0.3, 0.4) is 0 Å². The molecule has 18 heavy (non-hydrogen) atoms. The number of aliphatic hydroxyl groups is 1. The molecule has 6 heteroatoms. The summed E-state index contributed by atoms with van der Waals surface area (Å²) in [6.07, 6.45) is 2.66. The monoisotopic (exact) mass is 255 g/mol. The van der Waals surface area contributed by atoms with Crippen molar-refractivity contribution in [1.82, 2.24) is 15.1 Å². The van der Waals surface area contributed by atoms with Gasteiger partial charge in [0, 0.05) is 20.1 Å². The summed E-state index contributed by atoms with van der Waals surface area (Å²) in [6, 6.07) is 0. The van der Waals surface area contributed by atoms with Gasteiger partial charge in [-0.25, -0.2) is 4.79 Å². The molecular formula is C12H21N3O3. The molecule has 0 aromatic carbocycles. The van der Waals surface area contributed by atoms with Gasteiger partial charge in [-0.1, -0.05) is 13.8 Å². The second kappa shape index (κ2) is 5.97. The Kier molecular flexibility index (Phi) is 4.86. The fraction of sp³-hybridized carbons (Fsp3) is 0.667. The topological polar surface area (TPSA) is 87.4 Å². The molecule has 6 nitrogen and oxygen atoms in total. The first kappa shape index (κ1) is 14.7. The van der Waals surface area contributed by atoms with Crippen LogP contribution in [0.15, 0.2) is 6.20 Å². The van der Waals surface area contributed by atoms with Gasteiger partial charge in [0.05, 0.1) is 17.5 Å². The average molecular weight is 255 g/mol. The fourth-order valence-corrected chi connectivity index (χ4v) is 1.76. The van der Waals surface area contributed by atoms with E-state index in [1.807, 2.05) is 13.8 Å². The van der Waals surface area contributed by atoms with Gasteiger partial charge in [0.2, 0.25) is 0 Å². The molecule has 1 rings (SSSR count). The van der Waals surface area contributed by atoms with Crippen LogP contribution in [0.2, 0.25) is 0 Å². The Balaban J connectivity index is 2.64. The SMILES string of the molecule is CCC(O)(CC)CNCc1c(C(=O)O)cnn1C. The molecule has 0 saturated carbocycles. The maximum absolute atomic E-state index is 11.0. The molecule has 0 saturated heterocycles. The predicted molar refractivity (Wildman–Crippen MR) is 67.4 cm³/mol.